The molecule has 0 N–H and O–H groups in total. The molecule has 7 nitrogen and oxygen atoms in total. The zero-order valence-corrected chi connectivity index (χ0v) is 20.3. The first-order valence-electron chi connectivity index (χ1n) is 11.4. The van der Waals surface area contributed by atoms with E-state index in [4.69, 9.17) is 4.74 Å². The van der Waals surface area contributed by atoms with E-state index in [9.17, 15) is 14.0 Å². The van der Waals surface area contributed by atoms with Gasteiger partial charge in [-0.15, -0.1) is 11.3 Å². The second-order valence-electron chi connectivity index (χ2n) is 8.52. The third-order valence-corrected chi connectivity index (χ3v) is 7.37. The van der Waals surface area contributed by atoms with Gasteiger partial charge in [0.05, 0.1) is 24.2 Å². The molecule has 1 aliphatic rings. The number of thiophene rings is 1. The number of nitrogens with zero attached hydrogens (tertiary/aromatic N) is 4. The molecule has 9 heteroatoms. The molecule has 4 aromatic rings. The molecule has 0 spiro atoms. The third-order valence-electron chi connectivity index (χ3n) is 6.23. The van der Waals surface area contributed by atoms with E-state index in [0.29, 0.717) is 48.9 Å². The summed E-state index contributed by atoms with van der Waals surface area (Å²) in [6, 6.07) is 15.4. The van der Waals surface area contributed by atoms with Gasteiger partial charge in [0.1, 0.15) is 16.4 Å². The molecule has 0 radical (unpaired) electrons. The lowest BCUT2D eigenvalue weighted by atomic mass is 10.1. The van der Waals surface area contributed by atoms with Crippen molar-refractivity contribution in [1.82, 2.24) is 19.6 Å². The van der Waals surface area contributed by atoms with Gasteiger partial charge in [0.15, 0.2) is 0 Å². The molecule has 1 fully saturated rings. The minimum Gasteiger partial charge on any atom is -0.497 e. The fourth-order valence-electron chi connectivity index (χ4n) is 4.30. The number of hydrogen-bond donors (Lipinski definition) is 0. The summed E-state index contributed by atoms with van der Waals surface area (Å²) >= 11 is 1.42. The lowest BCUT2D eigenvalue weighted by Gasteiger charge is -2.34. The maximum atomic E-state index is 13.3. The van der Waals surface area contributed by atoms with Crippen LogP contribution in [0.4, 0.5) is 4.39 Å². The molecule has 0 bridgehead atoms. The van der Waals surface area contributed by atoms with Crippen molar-refractivity contribution < 1.29 is 18.7 Å². The molecule has 180 valence electrons. The number of carbonyl (C=O) groups excluding carboxylic acids is 2. The van der Waals surface area contributed by atoms with E-state index < -0.39 is 0 Å². The minimum absolute atomic E-state index is 0.0348. The van der Waals surface area contributed by atoms with E-state index in [1.807, 2.05) is 17.7 Å². The Hall–Kier alpha value is -3.72. The van der Waals surface area contributed by atoms with Crippen LogP contribution >= 0.6 is 11.3 Å². The number of carbonyl (C=O) groups is 2. The van der Waals surface area contributed by atoms with Crippen molar-refractivity contribution >= 4 is 33.4 Å². The summed E-state index contributed by atoms with van der Waals surface area (Å²) in [6.07, 6.45) is 0. The highest BCUT2D eigenvalue weighted by atomic mass is 32.1. The van der Waals surface area contributed by atoms with Crippen LogP contribution in [0.2, 0.25) is 0 Å². The molecule has 2 amide bonds. The first-order valence-corrected chi connectivity index (χ1v) is 12.2. The molecule has 0 unspecified atom stereocenters. The number of aryl methyl sites for hydroxylation is 1. The van der Waals surface area contributed by atoms with Gasteiger partial charge < -0.3 is 14.5 Å². The summed E-state index contributed by atoms with van der Waals surface area (Å²) in [6.45, 7) is 4.33. The number of ether oxygens (including phenoxy) is 1. The standard InChI is InChI=1S/C26H25FN4O3S/c1-17-22-15-23(35-26(22)31(28-17)16-18-6-8-20(27)9-7-18)25(33)30-12-10-29(11-13-30)24(32)19-4-3-5-21(14-19)34-2/h3-9,14-15H,10-13,16H2,1-2H3. The van der Waals surface area contributed by atoms with Crippen LogP contribution in [0.1, 0.15) is 31.3 Å². The van der Waals surface area contributed by atoms with E-state index in [0.717, 1.165) is 21.5 Å². The Labute approximate surface area is 206 Å². The average molecular weight is 493 g/mol. The quantitative estimate of drug-likeness (QED) is 0.419. The SMILES string of the molecule is COc1cccc(C(=O)N2CCN(C(=O)c3cc4c(C)nn(Cc5ccc(F)cc5)c4s3)CC2)c1. The first-order chi connectivity index (χ1) is 16.9. The Balaban J connectivity index is 1.27. The van der Waals surface area contributed by atoms with Crippen molar-refractivity contribution in [2.24, 2.45) is 0 Å². The van der Waals surface area contributed by atoms with E-state index in [2.05, 4.69) is 5.10 Å². The van der Waals surface area contributed by atoms with Crippen LogP contribution in [-0.2, 0) is 6.54 Å². The maximum absolute atomic E-state index is 13.3. The van der Waals surface area contributed by atoms with Crippen LogP contribution in [0.5, 0.6) is 5.75 Å². The van der Waals surface area contributed by atoms with Gasteiger partial charge in [-0.05, 0) is 48.9 Å². The van der Waals surface area contributed by atoms with E-state index in [1.54, 1.807) is 53.3 Å². The second kappa shape index (κ2) is 9.50. The highest BCUT2D eigenvalue weighted by molar-refractivity contribution is 7.20. The van der Waals surface area contributed by atoms with Gasteiger partial charge in [-0.1, -0.05) is 18.2 Å². The predicted octanol–water partition coefficient (Wildman–Crippen LogP) is 4.20. The molecule has 0 aliphatic carbocycles. The van der Waals surface area contributed by atoms with Gasteiger partial charge in [0.25, 0.3) is 11.8 Å². The fraction of sp³-hybridized carbons (Fsp3) is 0.269. The van der Waals surface area contributed by atoms with Crippen molar-refractivity contribution in [3.63, 3.8) is 0 Å². The second-order valence-corrected chi connectivity index (χ2v) is 9.55. The van der Waals surface area contributed by atoms with E-state index in [1.165, 1.54) is 23.5 Å². The van der Waals surface area contributed by atoms with Gasteiger partial charge >= 0.3 is 0 Å². The van der Waals surface area contributed by atoms with Crippen molar-refractivity contribution in [1.29, 1.82) is 0 Å². The smallest absolute Gasteiger partial charge is 0.264 e. The molecule has 1 saturated heterocycles. The van der Waals surface area contributed by atoms with Crippen LogP contribution in [0.15, 0.2) is 54.6 Å². The number of hydrogen-bond acceptors (Lipinski definition) is 5. The number of piperazine rings is 1. The number of fused-ring (bicyclic) bond motifs is 1. The minimum atomic E-state index is -0.273. The lowest BCUT2D eigenvalue weighted by Crippen LogP contribution is -2.50. The van der Waals surface area contributed by atoms with E-state index >= 15 is 0 Å². The molecule has 3 heterocycles. The van der Waals surface area contributed by atoms with Crippen LogP contribution in [0, 0.1) is 12.7 Å². The number of benzene rings is 2. The average Bonchev–Trinajstić information content (AvgIpc) is 3.45. The van der Waals surface area contributed by atoms with Crippen molar-refractivity contribution in [2.45, 2.75) is 13.5 Å². The lowest BCUT2D eigenvalue weighted by molar-refractivity contribution is 0.0538. The normalized spacial score (nSPS) is 13.9. The van der Waals surface area contributed by atoms with Crippen molar-refractivity contribution in [3.05, 3.63) is 82.1 Å². The molecule has 2 aromatic heterocycles. The van der Waals surface area contributed by atoms with Gasteiger partial charge in [-0.2, -0.15) is 5.10 Å². The first kappa shape index (κ1) is 23.0. The number of methoxy groups -OCH3 is 1. The Bertz CT molecular complexity index is 1390. The summed E-state index contributed by atoms with van der Waals surface area (Å²) in [7, 11) is 1.57. The summed E-state index contributed by atoms with van der Waals surface area (Å²) < 4.78 is 20.3. The molecule has 5 rings (SSSR count). The van der Waals surface area contributed by atoms with Crippen molar-refractivity contribution in [3.8, 4) is 5.75 Å². The van der Waals surface area contributed by atoms with Gasteiger partial charge in [0, 0.05) is 37.1 Å². The molecule has 2 aromatic carbocycles. The van der Waals surface area contributed by atoms with Crippen LogP contribution in [0.3, 0.4) is 0 Å². The number of amides is 2. The Morgan fingerprint density at radius 1 is 1.00 bits per heavy atom. The monoisotopic (exact) mass is 492 g/mol. The van der Waals surface area contributed by atoms with E-state index in [-0.39, 0.29) is 17.6 Å². The third kappa shape index (κ3) is 4.64. The zero-order chi connectivity index (χ0) is 24.5. The largest absolute Gasteiger partial charge is 0.497 e. The number of rotatable bonds is 5. The Morgan fingerprint density at radius 2 is 1.69 bits per heavy atom. The highest BCUT2D eigenvalue weighted by Gasteiger charge is 2.27. The molecule has 0 atom stereocenters. The fourth-order valence-corrected chi connectivity index (χ4v) is 5.42. The highest BCUT2D eigenvalue weighted by Crippen LogP contribution is 2.30. The number of aromatic nitrogens is 2. The Morgan fingerprint density at radius 3 is 2.37 bits per heavy atom. The molecular weight excluding hydrogens is 467 g/mol. The van der Waals surface area contributed by atoms with Crippen LogP contribution < -0.4 is 4.74 Å². The molecule has 1 aliphatic heterocycles. The van der Waals surface area contributed by atoms with Crippen LogP contribution in [0.25, 0.3) is 10.2 Å². The summed E-state index contributed by atoms with van der Waals surface area (Å²) in [5.74, 6) is 0.273. The van der Waals surface area contributed by atoms with Gasteiger partial charge in [0.2, 0.25) is 0 Å². The molecule has 35 heavy (non-hydrogen) atoms. The summed E-state index contributed by atoms with van der Waals surface area (Å²) in [4.78, 5) is 31.3. The molecular formula is C26H25FN4O3S. The topological polar surface area (TPSA) is 67.7 Å². The summed E-state index contributed by atoms with van der Waals surface area (Å²) in [5.41, 5.74) is 2.37. The number of halogens is 1. The summed E-state index contributed by atoms with van der Waals surface area (Å²) in [5, 5.41) is 5.56. The van der Waals surface area contributed by atoms with Crippen LogP contribution in [-0.4, -0.2) is 64.7 Å². The maximum Gasteiger partial charge on any atom is 0.264 e. The van der Waals surface area contributed by atoms with Gasteiger partial charge in [-0.3, -0.25) is 14.3 Å². The Kier molecular flexibility index (Phi) is 6.25. The van der Waals surface area contributed by atoms with Gasteiger partial charge in [-0.25, -0.2) is 4.39 Å². The molecule has 0 saturated carbocycles. The predicted molar refractivity (Wildman–Crippen MR) is 133 cm³/mol. The van der Waals surface area contributed by atoms with Crippen molar-refractivity contribution in [2.75, 3.05) is 33.3 Å². The zero-order valence-electron chi connectivity index (χ0n) is 19.5.